The summed E-state index contributed by atoms with van der Waals surface area (Å²) in [5, 5.41) is 0. The fourth-order valence-corrected chi connectivity index (χ4v) is 6.01. The molecule has 0 atom stereocenters. The number of benzene rings is 6. The lowest BCUT2D eigenvalue weighted by molar-refractivity contribution is -0.138. The Morgan fingerprint density at radius 1 is 0.509 bits per heavy atom. The van der Waals surface area contributed by atoms with Gasteiger partial charge in [-0.1, -0.05) is 74.5 Å². The van der Waals surface area contributed by atoms with Crippen LogP contribution in [0.3, 0.4) is 0 Å². The Kier molecular flexibility index (Phi) is 12.3. The first-order chi connectivity index (χ1) is 25.9. The summed E-state index contributed by atoms with van der Waals surface area (Å²) in [6.45, 7) is 10.9. The predicted octanol–water partition coefficient (Wildman–Crippen LogP) is 11.7. The predicted molar refractivity (Wildman–Crippen MR) is 217 cm³/mol. The summed E-state index contributed by atoms with van der Waals surface area (Å²) in [4.78, 5) is 16.0. The molecule has 6 rings (SSSR count). The van der Waals surface area contributed by atoms with E-state index >= 15 is 0 Å². The Morgan fingerprint density at radius 3 is 1.17 bits per heavy atom. The zero-order valence-electron chi connectivity index (χ0n) is 30.7. The van der Waals surface area contributed by atoms with E-state index in [2.05, 4.69) is 134 Å². The molecule has 6 nitrogen and oxygen atoms in total. The van der Waals surface area contributed by atoms with Crippen LogP contribution in [-0.4, -0.2) is 19.2 Å². The topological polar surface area (TPSA) is 51.2 Å². The van der Waals surface area contributed by atoms with Gasteiger partial charge in [-0.15, -0.1) is 0 Å². The monoisotopic (exact) mass is 702 g/mol. The van der Waals surface area contributed by atoms with Crippen molar-refractivity contribution in [3.05, 3.63) is 181 Å². The van der Waals surface area contributed by atoms with Crippen LogP contribution >= 0.6 is 0 Å². The molecule has 0 bridgehead atoms. The molecule has 0 saturated heterocycles. The molecule has 0 aliphatic carbocycles. The summed E-state index contributed by atoms with van der Waals surface area (Å²) in [7, 11) is 0. The molecule has 0 unspecified atom stereocenters. The number of nitrogens with zero attached hydrogens (tertiary/aromatic N) is 2. The molecular formula is C47H46N2O4. The minimum absolute atomic E-state index is 0.193. The molecule has 6 aromatic carbocycles. The summed E-state index contributed by atoms with van der Waals surface area (Å²) in [5.41, 5.74) is 11.0. The maximum absolute atomic E-state index is 11.5. The van der Waals surface area contributed by atoms with Crippen LogP contribution in [0.25, 0.3) is 0 Å². The van der Waals surface area contributed by atoms with Crippen molar-refractivity contribution in [2.24, 2.45) is 0 Å². The van der Waals surface area contributed by atoms with Crippen LogP contribution in [0.1, 0.15) is 36.1 Å². The number of carbonyl (C=O) groups is 1. The highest BCUT2D eigenvalue weighted by atomic mass is 16.5. The molecule has 0 aliphatic heterocycles. The molecule has 0 aromatic heterocycles. The van der Waals surface area contributed by atoms with Crippen molar-refractivity contribution < 1.29 is 19.0 Å². The van der Waals surface area contributed by atoms with Crippen molar-refractivity contribution >= 4 is 40.1 Å². The first kappa shape index (κ1) is 36.5. The second kappa shape index (κ2) is 17.8. The average molecular weight is 703 g/mol. The third-order valence-electron chi connectivity index (χ3n) is 9.05. The van der Waals surface area contributed by atoms with E-state index in [4.69, 9.17) is 14.2 Å². The van der Waals surface area contributed by atoms with E-state index in [1.807, 2.05) is 48.5 Å². The molecule has 53 heavy (non-hydrogen) atoms. The number of aryl methyl sites for hydroxylation is 3. The lowest BCUT2D eigenvalue weighted by Gasteiger charge is -2.26. The number of anilines is 6. The maximum Gasteiger partial charge on any atom is 0.330 e. The molecule has 6 aromatic rings. The number of carbonyl (C=O) groups excluding carboxylic acids is 1. The first-order valence-corrected chi connectivity index (χ1v) is 18.1. The normalized spacial score (nSPS) is 10.7. The third kappa shape index (κ3) is 9.54. The first-order valence-electron chi connectivity index (χ1n) is 18.1. The Balaban J connectivity index is 1.09. The molecule has 268 valence electrons. The van der Waals surface area contributed by atoms with Gasteiger partial charge in [0.2, 0.25) is 0 Å². The van der Waals surface area contributed by atoms with E-state index in [9.17, 15) is 4.79 Å². The van der Waals surface area contributed by atoms with Crippen molar-refractivity contribution in [2.45, 2.75) is 40.2 Å². The number of rotatable bonds is 16. The van der Waals surface area contributed by atoms with Gasteiger partial charge in [-0.3, -0.25) is 0 Å². The summed E-state index contributed by atoms with van der Waals surface area (Å²) in [5.74, 6) is 1.11. The molecule has 0 radical (unpaired) electrons. The van der Waals surface area contributed by atoms with Gasteiger partial charge in [0.05, 0.1) is 0 Å². The van der Waals surface area contributed by atoms with Crippen LogP contribution in [0.2, 0.25) is 0 Å². The summed E-state index contributed by atoms with van der Waals surface area (Å²) in [6.07, 6.45) is 3.15. The molecule has 0 heterocycles. The van der Waals surface area contributed by atoms with Crippen molar-refractivity contribution in [3.63, 3.8) is 0 Å². The van der Waals surface area contributed by atoms with Crippen molar-refractivity contribution in [1.82, 2.24) is 0 Å². The van der Waals surface area contributed by atoms with Crippen LogP contribution in [-0.2, 0) is 29.0 Å². The molecular weight excluding hydrogens is 657 g/mol. The third-order valence-corrected chi connectivity index (χ3v) is 9.05. The van der Waals surface area contributed by atoms with E-state index in [1.54, 1.807) is 0 Å². The van der Waals surface area contributed by atoms with Gasteiger partial charge >= 0.3 is 5.97 Å². The lowest BCUT2D eigenvalue weighted by Crippen LogP contribution is -2.11. The molecule has 0 N–H and O–H groups in total. The van der Waals surface area contributed by atoms with Crippen molar-refractivity contribution in [3.8, 4) is 11.5 Å². The SMILES string of the molecule is C=CC(=O)OCc1ccc(N(c2ccc(CC)cc2)c2ccc(OCCOc3ccc(N(c4ccc(C)cc4)c4ccc(CC)cc4)cc3)cc2)cc1. The lowest BCUT2D eigenvalue weighted by atomic mass is 10.1. The van der Waals surface area contributed by atoms with E-state index in [0.29, 0.717) is 13.2 Å². The quantitative estimate of drug-likeness (QED) is 0.0568. The second-order valence-electron chi connectivity index (χ2n) is 12.7. The second-order valence-corrected chi connectivity index (χ2v) is 12.7. The number of hydrogen-bond acceptors (Lipinski definition) is 6. The van der Waals surface area contributed by atoms with Crippen LogP contribution in [0.4, 0.5) is 34.1 Å². The Labute approximate surface area is 313 Å². The highest BCUT2D eigenvalue weighted by Crippen LogP contribution is 2.37. The van der Waals surface area contributed by atoms with Gasteiger partial charge in [-0.2, -0.15) is 0 Å². The average Bonchev–Trinajstić information content (AvgIpc) is 3.21. The minimum Gasteiger partial charge on any atom is -0.490 e. The fraction of sp³-hybridized carbons (Fsp3) is 0.170. The smallest absolute Gasteiger partial charge is 0.330 e. The molecule has 0 saturated carbocycles. The summed E-state index contributed by atoms with van der Waals surface area (Å²) < 4.78 is 17.4. The van der Waals surface area contributed by atoms with E-state index in [1.165, 1.54) is 22.8 Å². The van der Waals surface area contributed by atoms with Crippen LogP contribution in [0.15, 0.2) is 158 Å². The maximum atomic E-state index is 11.5. The molecule has 0 fully saturated rings. The molecule has 0 amide bonds. The summed E-state index contributed by atoms with van der Waals surface area (Å²) in [6, 6.07) is 50.2. The number of hydrogen-bond donors (Lipinski definition) is 0. The summed E-state index contributed by atoms with van der Waals surface area (Å²) >= 11 is 0. The van der Waals surface area contributed by atoms with Crippen molar-refractivity contribution in [1.29, 1.82) is 0 Å². The van der Waals surface area contributed by atoms with E-state index < -0.39 is 5.97 Å². The molecule has 0 aliphatic rings. The number of esters is 1. The van der Waals surface area contributed by atoms with Crippen LogP contribution in [0, 0.1) is 6.92 Å². The van der Waals surface area contributed by atoms with Crippen LogP contribution in [0.5, 0.6) is 11.5 Å². The van der Waals surface area contributed by atoms with Crippen molar-refractivity contribution in [2.75, 3.05) is 23.0 Å². The standard InChI is InChI=1S/C47H46N2O4/c1-5-36-10-18-40(19-11-36)48(39-16-8-35(4)9-17-39)43-24-28-45(29-25-43)51-32-33-52-46-30-26-44(27-31-46)49(41-20-12-37(6-2)13-21-41)42-22-14-38(15-23-42)34-53-47(50)7-3/h7-31H,3,5-6,32-34H2,1-2,4H3. The van der Waals surface area contributed by atoms with E-state index in [-0.39, 0.29) is 6.61 Å². The van der Waals surface area contributed by atoms with Gasteiger partial charge < -0.3 is 24.0 Å². The highest BCUT2D eigenvalue weighted by Gasteiger charge is 2.15. The Morgan fingerprint density at radius 2 is 0.830 bits per heavy atom. The molecule has 0 spiro atoms. The van der Waals surface area contributed by atoms with Gasteiger partial charge in [0, 0.05) is 40.2 Å². The van der Waals surface area contributed by atoms with Gasteiger partial charge in [0.25, 0.3) is 0 Å². The van der Waals surface area contributed by atoms with E-state index in [0.717, 1.165) is 64.0 Å². The van der Waals surface area contributed by atoms with Gasteiger partial charge in [0.15, 0.2) is 0 Å². The zero-order valence-corrected chi connectivity index (χ0v) is 30.7. The number of ether oxygens (including phenoxy) is 3. The van der Waals surface area contributed by atoms with Gasteiger partial charge in [-0.05, 0) is 134 Å². The fourth-order valence-electron chi connectivity index (χ4n) is 6.01. The highest BCUT2D eigenvalue weighted by molar-refractivity contribution is 5.81. The van der Waals surface area contributed by atoms with Gasteiger partial charge in [-0.25, -0.2) is 4.79 Å². The minimum atomic E-state index is -0.440. The van der Waals surface area contributed by atoms with Gasteiger partial charge in [0.1, 0.15) is 31.3 Å². The largest absolute Gasteiger partial charge is 0.490 e. The van der Waals surface area contributed by atoms with Crippen LogP contribution < -0.4 is 19.3 Å². The Bertz CT molecular complexity index is 2060. The Hall–Kier alpha value is -6.27. The molecule has 6 heteroatoms. The zero-order chi connectivity index (χ0) is 37.0.